The fraction of sp³-hybridized carbons (Fsp3) is 0.154. The molecule has 0 aliphatic carbocycles. The van der Waals surface area contributed by atoms with Gasteiger partial charge in [0.25, 0.3) is 0 Å². The largest absolute Gasteiger partial charge is 0.378 e. The molecule has 0 amide bonds. The van der Waals surface area contributed by atoms with Crippen LogP contribution in [0.3, 0.4) is 0 Å². The summed E-state index contributed by atoms with van der Waals surface area (Å²) < 4.78 is 13.5. The maximum Gasteiger partial charge on any atom is 0.146 e. The number of halogens is 1. The van der Waals surface area contributed by atoms with E-state index in [-0.39, 0.29) is 5.82 Å². The van der Waals surface area contributed by atoms with E-state index in [0.29, 0.717) is 17.1 Å². The Hall–Kier alpha value is -1.86. The van der Waals surface area contributed by atoms with Gasteiger partial charge in [-0.3, -0.25) is 0 Å². The first-order chi connectivity index (χ1) is 8.19. The Labute approximate surface area is 103 Å². The van der Waals surface area contributed by atoms with Crippen molar-refractivity contribution in [3.05, 3.63) is 51.5 Å². The molecule has 4 heteroatoms. The Morgan fingerprint density at radius 3 is 2.82 bits per heavy atom. The minimum Gasteiger partial charge on any atom is -0.378 e. The Kier molecular flexibility index (Phi) is 3.40. The number of nitrogens with one attached hydrogen (secondary N) is 1. The lowest BCUT2D eigenvalue weighted by Crippen LogP contribution is -1.99. The highest BCUT2D eigenvalue weighted by molar-refractivity contribution is 7.12. The van der Waals surface area contributed by atoms with E-state index >= 15 is 0 Å². The van der Waals surface area contributed by atoms with E-state index in [9.17, 15) is 4.39 Å². The van der Waals surface area contributed by atoms with Crippen molar-refractivity contribution in [3.8, 4) is 6.07 Å². The van der Waals surface area contributed by atoms with Crippen molar-refractivity contribution in [2.75, 3.05) is 5.32 Å². The molecule has 0 aliphatic heterocycles. The molecule has 17 heavy (non-hydrogen) atoms. The van der Waals surface area contributed by atoms with E-state index in [1.807, 2.05) is 19.1 Å². The van der Waals surface area contributed by atoms with Gasteiger partial charge in [-0.15, -0.1) is 11.3 Å². The van der Waals surface area contributed by atoms with Crippen LogP contribution in [0, 0.1) is 24.1 Å². The van der Waals surface area contributed by atoms with Crippen LogP contribution < -0.4 is 5.32 Å². The number of benzene rings is 1. The molecule has 0 saturated carbocycles. The van der Waals surface area contributed by atoms with Crippen molar-refractivity contribution in [1.29, 1.82) is 5.26 Å². The molecule has 0 fully saturated rings. The van der Waals surface area contributed by atoms with Crippen LogP contribution in [0.2, 0.25) is 0 Å². The molecule has 0 aliphatic rings. The van der Waals surface area contributed by atoms with Gasteiger partial charge in [-0.2, -0.15) is 5.26 Å². The highest BCUT2D eigenvalue weighted by Crippen LogP contribution is 2.19. The molecule has 0 radical (unpaired) electrons. The molecule has 0 saturated heterocycles. The van der Waals surface area contributed by atoms with E-state index in [4.69, 9.17) is 5.26 Å². The molecule has 2 nitrogen and oxygen atoms in total. The lowest BCUT2D eigenvalue weighted by atomic mass is 10.2. The van der Waals surface area contributed by atoms with Gasteiger partial charge in [-0.25, -0.2) is 4.39 Å². The molecule has 0 unspecified atom stereocenters. The summed E-state index contributed by atoms with van der Waals surface area (Å²) in [6, 6.07) is 10.8. The second kappa shape index (κ2) is 4.98. The zero-order valence-corrected chi connectivity index (χ0v) is 10.1. The Morgan fingerprint density at radius 1 is 1.35 bits per heavy atom. The van der Waals surface area contributed by atoms with Crippen molar-refractivity contribution in [2.45, 2.75) is 13.5 Å². The van der Waals surface area contributed by atoms with Gasteiger partial charge in [0.15, 0.2) is 0 Å². The van der Waals surface area contributed by atoms with E-state index in [1.54, 1.807) is 12.1 Å². The fourth-order valence-electron chi connectivity index (χ4n) is 1.48. The summed E-state index contributed by atoms with van der Waals surface area (Å²) in [5.41, 5.74) is 1.39. The van der Waals surface area contributed by atoms with Gasteiger partial charge in [-0.1, -0.05) is 6.07 Å². The monoisotopic (exact) mass is 246 g/mol. The average molecular weight is 246 g/mol. The second-order valence-electron chi connectivity index (χ2n) is 3.71. The average Bonchev–Trinajstić information content (AvgIpc) is 2.76. The maximum atomic E-state index is 13.5. The first kappa shape index (κ1) is 11.6. The molecular weight excluding hydrogens is 235 g/mol. The lowest BCUT2D eigenvalue weighted by molar-refractivity contribution is 0.629. The fourth-order valence-corrected chi connectivity index (χ4v) is 2.22. The van der Waals surface area contributed by atoms with Crippen LogP contribution in [-0.2, 0) is 6.54 Å². The lowest BCUT2D eigenvalue weighted by Gasteiger charge is -2.06. The maximum absolute atomic E-state index is 13.5. The number of thiophene rings is 1. The van der Waals surface area contributed by atoms with Crippen LogP contribution >= 0.6 is 11.3 Å². The van der Waals surface area contributed by atoms with Gasteiger partial charge in [0.05, 0.1) is 5.69 Å². The summed E-state index contributed by atoms with van der Waals surface area (Å²) in [5.74, 6) is -0.248. The standard InChI is InChI=1S/C13H11FN2S/c1-9-2-5-13(12(14)6-9)16-8-11-4-3-10(7-15)17-11/h2-6,16H,8H2,1H3. The van der Waals surface area contributed by atoms with Crippen LogP contribution in [0.25, 0.3) is 0 Å². The number of hydrogen-bond acceptors (Lipinski definition) is 3. The van der Waals surface area contributed by atoms with Gasteiger partial charge in [0.1, 0.15) is 16.8 Å². The highest BCUT2D eigenvalue weighted by Gasteiger charge is 2.03. The molecule has 1 aromatic heterocycles. The Bertz CT molecular complexity index is 569. The zero-order chi connectivity index (χ0) is 12.3. The minimum atomic E-state index is -0.248. The van der Waals surface area contributed by atoms with E-state index in [1.165, 1.54) is 17.4 Å². The third-order valence-electron chi connectivity index (χ3n) is 2.35. The summed E-state index contributed by atoms with van der Waals surface area (Å²) in [6.07, 6.45) is 0. The normalized spacial score (nSPS) is 9.94. The molecule has 86 valence electrons. The molecule has 0 bridgehead atoms. The van der Waals surface area contributed by atoms with Crippen molar-refractivity contribution in [3.63, 3.8) is 0 Å². The van der Waals surface area contributed by atoms with Crippen LogP contribution in [0.5, 0.6) is 0 Å². The molecule has 1 N–H and O–H groups in total. The number of anilines is 1. The van der Waals surface area contributed by atoms with Crippen LogP contribution in [0.15, 0.2) is 30.3 Å². The van der Waals surface area contributed by atoms with Gasteiger partial charge in [0, 0.05) is 11.4 Å². The SMILES string of the molecule is Cc1ccc(NCc2ccc(C#N)s2)c(F)c1. The Morgan fingerprint density at radius 2 is 2.18 bits per heavy atom. The number of hydrogen-bond donors (Lipinski definition) is 1. The van der Waals surface area contributed by atoms with Gasteiger partial charge in [0.2, 0.25) is 0 Å². The van der Waals surface area contributed by atoms with E-state index in [2.05, 4.69) is 11.4 Å². The van der Waals surface area contributed by atoms with Gasteiger partial charge < -0.3 is 5.32 Å². The predicted molar refractivity (Wildman–Crippen MR) is 67.5 cm³/mol. The quantitative estimate of drug-likeness (QED) is 0.896. The van der Waals surface area contributed by atoms with Gasteiger partial charge in [-0.05, 0) is 36.8 Å². The first-order valence-corrected chi connectivity index (χ1v) is 5.99. The summed E-state index contributed by atoms with van der Waals surface area (Å²) in [6.45, 7) is 2.39. The topological polar surface area (TPSA) is 35.8 Å². The van der Waals surface area contributed by atoms with Crippen molar-refractivity contribution >= 4 is 17.0 Å². The van der Waals surface area contributed by atoms with E-state index in [0.717, 1.165) is 10.4 Å². The van der Waals surface area contributed by atoms with Gasteiger partial charge >= 0.3 is 0 Å². The molecule has 1 heterocycles. The molecule has 0 atom stereocenters. The van der Waals surface area contributed by atoms with Crippen LogP contribution in [0.4, 0.5) is 10.1 Å². The number of aryl methyl sites for hydroxylation is 1. The summed E-state index contributed by atoms with van der Waals surface area (Å²) in [4.78, 5) is 1.69. The number of nitriles is 1. The molecular formula is C13H11FN2S. The van der Waals surface area contributed by atoms with Crippen LogP contribution in [0.1, 0.15) is 15.3 Å². The highest BCUT2D eigenvalue weighted by atomic mass is 32.1. The smallest absolute Gasteiger partial charge is 0.146 e. The summed E-state index contributed by atoms with van der Waals surface area (Å²) >= 11 is 1.42. The van der Waals surface area contributed by atoms with E-state index < -0.39 is 0 Å². The molecule has 0 spiro atoms. The van der Waals surface area contributed by atoms with Crippen molar-refractivity contribution < 1.29 is 4.39 Å². The minimum absolute atomic E-state index is 0.248. The third kappa shape index (κ3) is 2.83. The van der Waals surface area contributed by atoms with Crippen molar-refractivity contribution in [1.82, 2.24) is 0 Å². The number of nitrogens with zero attached hydrogens (tertiary/aromatic N) is 1. The molecule has 2 rings (SSSR count). The predicted octanol–water partition coefficient (Wildman–Crippen LogP) is 3.68. The zero-order valence-electron chi connectivity index (χ0n) is 9.33. The third-order valence-corrected chi connectivity index (χ3v) is 3.34. The Balaban J connectivity index is 2.05. The second-order valence-corrected chi connectivity index (χ2v) is 4.88. The summed E-state index contributed by atoms with van der Waals surface area (Å²) in [5, 5.41) is 11.7. The molecule has 1 aromatic carbocycles. The molecule has 2 aromatic rings. The summed E-state index contributed by atoms with van der Waals surface area (Å²) in [7, 11) is 0. The number of rotatable bonds is 3. The van der Waals surface area contributed by atoms with Crippen molar-refractivity contribution in [2.24, 2.45) is 0 Å². The van der Waals surface area contributed by atoms with Crippen LogP contribution in [-0.4, -0.2) is 0 Å². The first-order valence-electron chi connectivity index (χ1n) is 5.18.